The molecule has 1 unspecified atom stereocenters. The first-order chi connectivity index (χ1) is 8.85. The van der Waals surface area contributed by atoms with Gasteiger partial charge in [-0.2, -0.15) is 13.2 Å². The zero-order valence-electron chi connectivity index (χ0n) is 10.2. The summed E-state index contributed by atoms with van der Waals surface area (Å²) in [4.78, 5) is 0. The Morgan fingerprint density at radius 1 is 1.21 bits per heavy atom. The maximum Gasteiger partial charge on any atom is 0.411 e. The van der Waals surface area contributed by atoms with Crippen molar-refractivity contribution in [2.24, 2.45) is 0 Å². The minimum absolute atomic E-state index is 0.313. The summed E-state index contributed by atoms with van der Waals surface area (Å²) in [5, 5.41) is 2.69. The molecule has 2 nitrogen and oxygen atoms in total. The molecule has 1 aromatic carbocycles. The zero-order valence-corrected chi connectivity index (χ0v) is 10.2. The molecule has 1 rings (SSSR count). The van der Waals surface area contributed by atoms with Crippen LogP contribution in [0, 0.1) is 11.6 Å². The van der Waals surface area contributed by atoms with Gasteiger partial charge in [0.15, 0.2) is 0 Å². The van der Waals surface area contributed by atoms with Gasteiger partial charge in [-0.15, -0.1) is 0 Å². The van der Waals surface area contributed by atoms with Gasteiger partial charge in [0.25, 0.3) is 0 Å². The first kappa shape index (κ1) is 15.8. The topological polar surface area (TPSA) is 21.3 Å². The van der Waals surface area contributed by atoms with E-state index >= 15 is 0 Å². The van der Waals surface area contributed by atoms with Crippen LogP contribution in [0.15, 0.2) is 18.2 Å². The van der Waals surface area contributed by atoms with Gasteiger partial charge in [-0.05, 0) is 18.7 Å². The fraction of sp³-hybridized carbons (Fsp3) is 0.500. The maximum absolute atomic E-state index is 13.5. The Morgan fingerprint density at radius 2 is 1.79 bits per heavy atom. The highest BCUT2D eigenvalue weighted by molar-refractivity contribution is 5.23. The second-order valence-corrected chi connectivity index (χ2v) is 3.88. The Balaban J connectivity index is 2.77. The van der Waals surface area contributed by atoms with E-state index in [2.05, 4.69) is 10.1 Å². The van der Waals surface area contributed by atoms with E-state index in [0.29, 0.717) is 6.54 Å². The number of alkyl halides is 3. The SMILES string of the molecule is CCNC(COCC(F)(F)F)c1c(F)cccc1F. The number of likely N-dealkylation sites (N-methyl/N-ethyl adjacent to an activating group) is 1. The first-order valence-electron chi connectivity index (χ1n) is 5.67. The van der Waals surface area contributed by atoms with Crippen LogP contribution in [0.25, 0.3) is 0 Å². The molecule has 108 valence electrons. The van der Waals surface area contributed by atoms with E-state index in [0.717, 1.165) is 12.1 Å². The van der Waals surface area contributed by atoms with Crippen LogP contribution in [-0.2, 0) is 4.74 Å². The molecule has 7 heteroatoms. The molecular weight excluding hydrogens is 269 g/mol. The van der Waals surface area contributed by atoms with E-state index in [9.17, 15) is 22.0 Å². The monoisotopic (exact) mass is 283 g/mol. The summed E-state index contributed by atoms with van der Waals surface area (Å²) in [5.41, 5.74) is -0.313. The molecular formula is C12H14F5NO. The lowest BCUT2D eigenvalue weighted by Gasteiger charge is -2.20. The van der Waals surface area contributed by atoms with Gasteiger partial charge in [-0.3, -0.25) is 0 Å². The van der Waals surface area contributed by atoms with Crippen LogP contribution in [0.1, 0.15) is 18.5 Å². The van der Waals surface area contributed by atoms with Crippen molar-refractivity contribution in [3.8, 4) is 0 Å². The van der Waals surface area contributed by atoms with E-state index in [4.69, 9.17) is 0 Å². The van der Waals surface area contributed by atoms with Crippen LogP contribution in [-0.4, -0.2) is 25.9 Å². The van der Waals surface area contributed by atoms with Gasteiger partial charge in [0.2, 0.25) is 0 Å². The molecule has 0 saturated carbocycles. The third-order valence-corrected chi connectivity index (χ3v) is 2.35. The lowest BCUT2D eigenvalue weighted by molar-refractivity contribution is -0.175. The molecule has 19 heavy (non-hydrogen) atoms. The largest absolute Gasteiger partial charge is 0.411 e. The molecule has 0 aliphatic carbocycles. The van der Waals surface area contributed by atoms with Crippen LogP contribution in [0.3, 0.4) is 0 Å². The third kappa shape index (κ3) is 5.12. The predicted octanol–water partition coefficient (Wildman–Crippen LogP) is 3.19. The minimum atomic E-state index is -4.47. The Labute approximate surface area is 107 Å². The van der Waals surface area contributed by atoms with Crippen molar-refractivity contribution in [2.75, 3.05) is 19.8 Å². The molecule has 1 atom stereocenters. The summed E-state index contributed by atoms with van der Waals surface area (Å²) in [6.45, 7) is 0.0967. The first-order valence-corrected chi connectivity index (χ1v) is 5.67. The van der Waals surface area contributed by atoms with Gasteiger partial charge in [-0.25, -0.2) is 8.78 Å². The van der Waals surface area contributed by atoms with E-state index in [-0.39, 0.29) is 5.56 Å². The number of hydrogen-bond acceptors (Lipinski definition) is 2. The number of halogens is 5. The van der Waals surface area contributed by atoms with Crippen LogP contribution < -0.4 is 5.32 Å². The summed E-state index contributed by atoms with van der Waals surface area (Å²) in [5.74, 6) is -1.64. The van der Waals surface area contributed by atoms with Crippen LogP contribution in [0.5, 0.6) is 0 Å². The fourth-order valence-corrected chi connectivity index (χ4v) is 1.63. The van der Waals surface area contributed by atoms with Crippen LogP contribution >= 0.6 is 0 Å². The third-order valence-electron chi connectivity index (χ3n) is 2.35. The Bertz CT molecular complexity index is 387. The van der Waals surface area contributed by atoms with E-state index in [1.165, 1.54) is 6.07 Å². The smallest absolute Gasteiger partial charge is 0.370 e. The number of hydrogen-bond donors (Lipinski definition) is 1. The van der Waals surface area contributed by atoms with Crippen LogP contribution in [0.4, 0.5) is 22.0 Å². The average molecular weight is 283 g/mol. The minimum Gasteiger partial charge on any atom is -0.370 e. The standard InChI is InChI=1S/C12H14F5NO/c1-2-18-10(6-19-7-12(15,16)17)11-8(13)4-3-5-9(11)14/h3-5,10,18H,2,6-7H2,1H3. The molecule has 0 radical (unpaired) electrons. The fourth-order valence-electron chi connectivity index (χ4n) is 1.63. The zero-order chi connectivity index (χ0) is 14.5. The molecule has 1 aromatic rings. The summed E-state index contributed by atoms with van der Waals surface area (Å²) in [6, 6.07) is 2.32. The van der Waals surface area contributed by atoms with Crippen molar-refractivity contribution in [1.82, 2.24) is 5.32 Å². The molecule has 0 spiro atoms. The molecule has 0 amide bonds. The highest BCUT2D eigenvalue weighted by atomic mass is 19.4. The second-order valence-electron chi connectivity index (χ2n) is 3.88. The van der Waals surface area contributed by atoms with Gasteiger partial charge < -0.3 is 10.1 Å². The Hall–Kier alpha value is -1.21. The highest BCUT2D eigenvalue weighted by Gasteiger charge is 2.28. The number of nitrogens with one attached hydrogen (secondary N) is 1. The van der Waals surface area contributed by atoms with Crippen LogP contribution in [0.2, 0.25) is 0 Å². The molecule has 0 aromatic heterocycles. The Kier molecular flexibility index (Phi) is 5.68. The molecule has 0 aliphatic heterocycles. The second kappa shape index (κ2) is 6.81. The lowest BCUT2D eigenvalue weighted by Crippen LogP contribution is -2.29. The van der Waals surface area contributed by atoms with Gasteiger partial charge >= 0.3 is 6.18 Å². The van der Waals surface area contributed by atoms with Gasteiger partial charge in [0, 0.05) is 5.56 Å². The number of rotatable bonds is 6. The number of ether oxygens (including phenoxy) is 1. The summed E-state index contributed by atoms with van der Waals surface area (Å²) in [6.07, 6.45) is -4.47. The normalized spacial score (nSPS) is 13.6. The summed E-state index contributed by atoms with van der Waals surface area (Å²) >= 11 is 0. The van der Waals surface area contributed by atoms with Crippen molar-refractivity contribution >= 4 is 0 Å². The number of benzene rings is 1. The highest BCUT2D eigenvalue weighted by Crippen LogP contribution is 2.22. The van der Waals surface area contributed by atoms with E-state index < -0.39 is 37.1 Å². The molecule has 0 saturated heterocycles. The van der Waals surface area contributed by atoms with Gasteiger partial charge in [0.05, 0.1) is 12.6 Å². The molecule has 0 bridgehead atoms. The summed E-state index contributed by atoms with van der Waals surface area (Å²) < 4.78 is 67.4. The van der Waals surface area contributed by atoms with E-state index in [1.54, 1.807) is 6.92 Å². The van der Waals surface area contributed by atoms with Crippen molar-refractivity contribution < 1.29 is 26.7 Å². The van der Waals surface area contributed by atoms with Crippen molar-refractivity contribution in [3.63, 3.8) is 0 Å². The lowest BCUT2D eigenvalue weighted by atomic mass is 10.1. The molecule has 1 N–H and O–H groups in total. The van der Waals surface area contributed by atoms with Gasteiger partial charge in [0.1, 0.15) is 18.2 Å². The molecule has 0 heterocycles. The quantitative estimate of drug-likeness (QED) is 0.810. The predicted molar refractivity (Wildman–Crippen MR) is 59.6 cm³/mol. The summed E-state index contributed by atoms with van der Waals surface area (Å²) in [7, 11) is 0. The van der Waals surface area contributed by atoms with Crippen molar-refractivity contribution in [3.05, 3.63) is 35.4 Å². The van der Waals surface area contributed by atoms with Crippen molar-refractivity contribution in [1.29, 1.82) is 0 Å². The average Bonchev–Trinajstić information content (AvgIpc) is 2.27. The Morgan fingerprint density at radius 3 is 2.26 bits per heavy atom. The molecule has 0 fully saturated rings. The van der Waals surface area contributed by atoms with Crippen molar-refractivity contribution in [2.45, 2.75) is 19.1 Å². The van der Waals surface area contributed by atoms with Gasteiger partial charge in [-0.1, -0.05) is 13.0 Å². The molecule has 0 aliphatic rings. The maximum atomic E-state index is 13.5. The van der Waals surface area contributed by atoms with E-state index in [1.807, 2.05) is 0 Å².